The molecule has 0 amide bonds. The fourth-order valence-electron chi connectivity index (χ4n) is 1.93. The minimum Gasteiger partial charge on any atom is -0.494 e. The van der Waals surface area contributed by atoms with Crippen LogP contribution in [0.15, 0.2) is 24.3 Å². The molecule has 142 valence electrons. The third-order valence-corrected chi connectivity index (χ3v) is 3.97. The van der Waals surface area contributed by atoms with E-state index in [1.165, 1.54) is 12.0 Å². The Morgan fingerprint density at radius 2 is 1.56 bits per heavy atom. The van der Waals surface area contributed by atoms with Crippen molar-refractivity contribution >= 4 is 11.9 Å². The number of aliphatic carboxylic acids is 2. The van der Waals surface area contributed by atoms with Crippen molar-refractivity contribution < 1.29 is 24.5 Å². The molecule has 0 radical (unpaired) electrons. The van der Waals surface area contributed by atoms with Crippen molar-refractivity contribution in [3.05, 3.63) is 29.8 Å². The number of nitrogens with zero attached hydrogens (tertiary/aromatic N) is 1. The van der Waals surface area contributed by atoms with Crippen molar-refractivity contribution in [3.8, 4) is 5.75 Å². The molecule has 0 saturated heterocycles. The molecule has 0 heterocycles. The van der Waals surface area contributed by atoms with Gasteiger partial charge in [-0.05, 0) is 63.0 Å². The largest absolute Gasteiger partial charge is 0.494 e. The van der Waals surface area contributed by atoms with E-state index in [0.29, 0.717) is 0 Å². The van der Waals surface area contributed by atoms with Gasteiger partial charge >= 0.3 is 11.9 Å². The Bertz CT molecular complexity index is 511. The number of carboxylic acids is 2. The van der Waals surface area contributed by atoms with Crippen LogP contribution in [0.25, 0.3) is 0 Å². The average Bonchev–Trinajstić information content (AvgIpc) is 2.55. The molecule has 0 saturated carbocycles. The van der Waals surface area contributed by atoms with Gasteiger partial charge in [0.2, 0.25) is 0 Å². The van der Waals surface area contributed by atoms with Gasteiger partial charge < -0.3 is 19.8 Å². The lowest BCUT2D eigenvalue weighted by atomic mass is 9.82. The van der Waals surface area contributed by atoms with Gasteiger partial charge in [0, 0.05) is 0 Å². The predicted molar refractivity (Wildman–Crippen MR) is 98.3 cm³/mol. The smallest absolute Gasteiger partial charge is 0.414 e. The van der Waals surface area contributed by atoms with Gasteiger partial charge in [0.15, 0.2) is 0 Å². The lowest BCUT2D eigenvalue weighted by Crippen LogP contribution is -2.15. The highest BCUT2D eigenvalue weighted by Gasteiger charge is 2.17. The molecule has 0 aliphatic rings. The molecule has 1 aromatic carbocycles. The summed E-state index contributed by atoms with van der Waals surface area (Å²) >= 11 is 0. The summed E-state index contributed by atoms with van der Waals surface area (Å²) in [6.45, 7) is 8.74. The molecule has 0 bridgehead atoms. The van der Waals surface area contributed by atoms with Crippen LogP contribution in [0.2, 0.25) is 0 Å². The summed E-state index contributed by atoms with van der Waals surface area (Å²) in [6, 6.07) is 8.58. The van der Waals surface area contributed by atoms with Crippen LogP contribution in [0.1, 0.15) is 45.6 Å². The van der Waals surface area contributed by atoms with E-state index in [-0.39, 0.29) is 5.41 Å². The molecular formula is C19H31NO5. The van der Waals surface area contributed by atoms with E-state index in [1.807, 2.05) is 0 Å². The standard InChI is InChI=1S/C17H29NO.C2H2O4/c1-6-17(2,3)15-9-11-16(12-10-15)19-14-8-7-13-18(4)5;3-1(4)2(5)6/h9-12H,6-8,13-14H2,1-5H3;(H,3,4)(H,5,6). The van der Waals surface area contributed by atoms with Crippen molar-refractivity contribution in [1.82, 2.24) is 4.90 Å². The Morgan fingerprint density at radius 3 is 1.96 bits per heavy atom. The fraction of sp³-hybridized carbons (Fsp3) is 0.579. The number of rotatable bonds is 8. The maximum atomic E-state index is 9.10. The third kappa shape index (κ3) is 10.4. The molecule has 0 aromatic heterocycles. The number of ether oxygens (including phenoxy) is 1. The van der Waals surface area contributed by atoms with Crippen molar-refractivity contribution in [2.75, 3.05) is 27.2 Å². The minimum atomic E-state index is -1.82. The highest BCUT2D eigenvalue weighted by molar-refractivity contribution is 6.27. The van der Waals surface area contributed by atoms with E-state index in [2.05, 4.69) is 64.0 Å². The van der Waals surface area contributed by atoms with Gasteiger partial charge in [-0.15, -0.1) is 0 Å². The van der Waals surface area contributed by atoms with Gasteiger partial charge in [-0.1, -0.05) is 32.9 Å². The normalized spacial score (nSPS) is 10.8. The van der Waals surface area contributed by atoms with Crippen LogP contribution in [0.3, 0.4) is 0 Å². The maximum absolute atomic E-state index is 9.10. The van der Waals surface area contributed by atoms with Gasteiger partial charge in [0.05, 0.1) is 6.61 Å². The number of benzene rings is 1. The zero-order valence-corrected chi connectivity index (χ0v) is 15.9. The van der Waals surface area contributed by atoms with Crippen LogP contribution in [-0.4, -0.2) is 54.3 Å². The summed E-state index contributed by atoms with van der Waals surface area (Å²) in [6.07, 6.45) is 3.45. The molecule has 2 N–H and O–H groups in total. The molecule has 0 spiro atoms. The Labute approximate surface area is 150 Å². The van der Waals surface area contributed by atoms with Crippen LogP contribution >= 0.6 is 0 Å². The average molecular weight is 353 g/mol. The quantitative estimate of drug-likeness (QED) is 0.551. The van der Waals surface area contributed by atoms with E-state index in [0.717, 1.165) is 31.7 Å². The van der Waals surface area contributed by atoms with Crippen LogP contribution < -0.4 is 4.74 Å². The van der Waals surface area contributed by atoms with Gasteiger partial charge in [-0.2, -0.15) is 0 Å². The summed E-state index contributed by atoms with van der Waals surface area (Å²) < 4.78 is 5.77. The van der Waals surface area contributed by atoms with E-state index in [4.69, 9.17) is 24.5 Å². The highest BCUT2D eigenvalue weighted by atomic mass is 16.5. The number of hydrogen-bond donors (Lipinski definition) is 2. The maximum Gasteiger partial charge on any atom is 0.414 e. The summed E-state index contributed by atoms with van der Waals surface area (Å²) in [4.78, 5) is 20.4. The van der Waals surface area contributed by atoms with Crippen molar-refractivity contribution in [2.24, 2.45) is 0 Å². The Kier molecular flexibility index (Phi) is 10.5. The number of carboxylic acid groups (broad SMARTS) is 2. The van der Waals surface area contributed by atoms with Crippen molar-refractivity contribution in [2.45, 2.75) is 45.4 Å². The lowest BCUT2D eigenvalue weighted by molar-refractivity contribution is -0.159. The second kappa shape index (κ2) is 11.5. The number of unbranched alkanes of at least 4 members (excludes halogenated alkanes) is 1. The predicted octanol–water partition coefficient (Wildman–Crippen LogP) is 3.25. The molecule has 0 aliphatic carbocycles. The van der Waals surface area contributed by atoms with Crippen LogP contribution in [0.4, 0.5) is 0 Å². The topological polar surface area (TPSA) is 87.1 Å². The van der Waals surface area contributed by atoms with Gasteiger partial charge in [0.25, 0.3) is 0 Å². The van der Waals surface area contributed by atoms with E-state index in [9.17, 15) is 0 Å². The molecule has 0 unspecified atom stereocenters. The monoisotopic (exact) mass is 353 g/mol. The SMILES string of the molecule is CCC(C)(C)c1ccc(OCCCCN(C)C)cc1.O=C(O)C(=O)O. The van der Waals surface area contributed by atoms with Crippen LogP contribution in [0.5, 0.6) is 5.75 Å². The first-order valence-electron chi connectivity index (χ1n) is 8.44. The number of hydrogen-bond acceptors (Lipinski definition) is 4. The first-order chi connectivity index (χ1) is 11.6. The molecule has 0 aliphatic heterocycles. The molecule has 6 heteroatoms. The van der Waals surface area contributed by atoms with Gasteiger partial charge in [0.1, 0.15) is 5.75 Å². The van der Waals surface area contributed by atoms with Gasteiger partial charge in [-0.25, -0.2) is 9.59 Å². The Morgan fingerprint density at radius 1 is 1.04 bits per heavy atom. The lowest BCUT2D eigenvalue weighted by Gasteiger charge is -2.23. The van der Waals surface area contributed by atoms with Crippen LogP contribution in [-0.2, 0) is 15.0 Å². The number of carbonyl (C=O) groups is 2. The molecule has 1 rings (SSSR count). The molecular weight excluding hydrogens is 322 g/mol. The van der Waals surface area contributed by atoms with Gasteiger partial charge in [-0.3, -0.25) is 0 Å². The summed E-state index contributed by atoms with van der Waals surface area (Å²) in [5.74, 6) is -2.66. The summed E-state index contributed by atoms with van der Waals surface area (Å²) in [5, 5.41) is 14.8. The summed E-state index contributed by atoms with van der Waals surface area (Å²) in [7, 11) is 4.21. The Hall–Kier alpha value is -2.08. The zero-order chi connectivity index (χ0) is 19.5. The fourth-order valence-corrected chi connectivity index (χ4v) is 1.93. The molecule has 0 fully saturated rings. The molecule has 0 atom stereocenters. The van der Waals surface area contributed by atoms with Crippen molar-refractivity contribution in [3.63, 3.8) is 0 Å². The molecule has 25 heavy (non-hydrogen) atoms. The highest BCUT2D eigenvalue weighted by Crippen LogP contribution is 2.28. The van der Waals surface area contributed by atoms with E-state index in [1.54, 1.807) is 0 Å². The third-order valence-electron chi connectivity index (χ3n) is 3.97. The second-order valence-corrected chi connectivity index (χ2v) is 6.73. The second-order valence-electron chi connectivity index (χ2n) is 6.73. The first-order valence-corrected chi connectivity index (χ1v) is 8.44. The first kappa shape index (κ1) is 22.9. The van der Waals surface area contributed by atoms with Crippen molar-refractivity contribution in [1.29, 1.82) is 0 Å². The van der Waals surface area contributed by atoms with E-state index >= 15 is 0 Å². The summed E-state index contributed by atoms with van der Waals surface area (Å²) in [5.41, 5.74) is 1.64. The molecule has 6 nitrogen and oxygen atoms in total. The Balaban J connectivity index is 0.000000823. The minimum absolute atomic E-state index is 0.254. The van der Waals surface area contributed by atoms with E-state index < -0.39 is 11.9 Å². The zero-order valence-electron chi connectivity index (χ0n) is 15.9. The van der Waals surface area contributed by atoms with Crippen LogP contribution in [0, 0.1) is 0 Å². The molecule has 1 aromatic rings.